The lowest BCUT2D eigenvalue weighted by molar-refractivity contribution is 0.274. The number of hydrogen-bond donors (Lipinski definition) is 1. The minimum atomic E-state index is 0.565. The highest BCUT2D eigenvalue weighted by Crippen LogP contribution is 2.26. The maximum absolute atomic E-state index is 5.85. The lowest BCUT2D eigenvalue weighted by atomic mass is 10.3. The maximum Gasteiger partial charge on any atom is 0.161 e. The highest BCUT2D eigenvalue weighted by atomic mass is 35.5. The minimum Gasteiger partial charge on any atom is -0.490 e. The van der Waals surface area contributed by atoms with Crippen LogP contribution in [0.1, 0.15) is 13.3 Å². The topological polar surface area (TPSA) is 30.5 Å². The van der Waals surface area contributed by atoms with E-state index in [1.807, 2.05) is 48.5 Å². The first-order chi connectivity index (χ1) is 10.3. The van der Waals surface area contributed by atoms with Crippen molar-refractivity contribution in [1.82, 2.24) is 0 Å². The number of hydrogen-bond acceptors (Lipinski definition) is 3. The molecular weight excluding hydrogens is 286 g/mol. The SMILES string of the molecule is CCCOc1ccccc1OCCNc1ccc(Cl)cc1. The van der Waals surface area contributed by atoms with Gasteiger partial charge in [-0.15, -0.1) is 0 Å². The fourth-order valence-corrected chi connectivity index (χ4v) is 1.95. The van der Waals surface area contributed by atoms with Crippen LogP contribution in [0.4, 0.5) is 5.69 Å². The largest absolute Gasteiger partial charge is 0.490 e. The molecule has 0 aromatic heterocycles. The Hall–Kier alpha value is -1.87. The molecule has 4 heteroatoms. The number of benzene rings is 2. The van der Waals surface area contributed by atoms with Crippen molar-refractivity contribution in [3.8, 4) is 11.5 Å². The quantitative estimate of drug-likeness (QED) is 0.722. The van der Waals surface area contributed by atoms with Crippen LogP contribution in [0.25, 0.3) is 0 Å². The zero-order valence-corrected chi connectivity index (χ0v) is 12.9. The summed E-state index contributed by atoms with van der Waals surface area (Å²) >= 11 is 5.85. The van der Waals surface area contributed by atoms with Crippen LogP contribution in [-0.2, 0) is 0 Å². The Morgan fingerprint density at radius 1 is 0.905 bits per heavy atom. The van der Waals surface area contributed by atoms with E-state index in [2.05, 4.69) is 12.2 Å². The van der Waals surface area contributed by atoms with Gasteiger partial charge in [0.1, 0.15) is 6.61 Å². The molecule has 0 aliphatic rings. The summed E-state index contributed by atoms with van der Waals surface area (Å²) in [5.41, 5.74) is 1.03. The molecule has 21 heavy (non-hydrogen) atoms. The average molecular weight is 306 g/mol. The molecule has 0 spiro atoms. The van der Waals surface area contributed by atoms with Crippen molar-refractivity contribution in [2.75, 3.05) is 25.1 Å². The highest BCUT2D eigenvalue weighted by molar-refractivity contribution is 6.30. The van der Waals surface area contributed by atoms with E-state index in [4.69, 9.17) is 21.1 Å². The molecule has 0 bridgehead atoms. The second-order valence-corrected chi connectivity index (χ2v) is 5.01. The van der Waals surface area contributed by atoms with Crippen LogP contribution in [-0.4, -0.2) is 19.8 Å². The summed E-state index contributed by atoms with van der Waals surface area (Å²) in [6.45, 7) is 4.06. The van der Waals surface area contributed by atoms with Gasteiger partial charge in [-0.05, 0) is 42.8 Å². The molecule has 0 aliphatic carbocycles. The summed E-state index contributed by atoms with van der Waals surface area (Å²) in [4.78, 5) is 0. The van der Waals surface area contributed by atoms with E-state index in [-0.39, 0.29) is 0 Å². The van der Waals surface area contributed by atoms with Crippen LogP contribution in [0.2, 0.25) is 5.02 Å². The predicted octanol–water partition coefficient (Wildman–Crippen LogP) is 4.62. The summed E-state index contributed by atoms with van der Waals surface area (Å²) in [7, 11) is 0. The van der Waals surface area contributed by atoms with Crippen molar-refractivity contribution in [1.29, 1.82) is 0 Å². The average Bonchev–Trinajstić information content (AvgIpc) is 2.52. The molecule has 0 unspecified atom stereocenters. The first kappa shape index (κ1) is 15.5. The van der Waals surface area contributed by atoms with Crippen LogP contribution in [0, 0.1) is 0 Å². The van der Waals surface area contributed by atoms with Gasteiger partial charge < -0.3 is 14.8 Å². The van der Waals surface area contributed by atoms with Gasteiger partial charge in [0, 0.05) is 17.3 Å². The van der Waals surface area contributed by atoms with Crippen molar-refractivity contribution in [3.05, 3.63) is 53.6 Å². The Morgan fingerprint density at radius 2 is 1.52 bits per heavy atom. The molecule has 0 atom stereocenters. The third kappa shape index (κ3) is 5.20. The van der Waals surface area contributed by atoms with E-state index in [0.717, 1.165) is 28.6 Å². The highest BCUT2D eigenvalue weighted by Gasteiger charge is 2.03. The van der Waals surface area contributed by atoms with Crippen molar-refractivity contribution in [2.24, 2.45) is 0 Å². The van der Waals surface area contributed by atoms with Gasteiger partial charge in [0.25, 0.3) is 0 Å². The number of rotatable bonds is 8. The third-order valence-corrected chi connectivity index (χ3v) is 3.10. The van der Waals surface area contributed by atoms with Crippen LogP contribution in [0.5, 0.6) is 11.5 Å². The molecule has 1 N–H and O–H groups in total. The van der Waals surface area contributed by atoms with E-state index in [9.17, 15) is 0 Å². The van der Waals surface area contributed by atoms with Gasteiger partial charge >= 0.3 is 0 Å². The monoisotopic (exact) mass is 305 g/mol. The van der Waals surface area contributed by atoms with E-state index >= 15 is 0 Å². The normalized spacial score (nSPS) is 10.2. The summed E-state index contributed by atoms with van der Waals surface area (Å²) in [5.74, 6) is 1.58. The standard InChI is InChI=1S/C17H20ClNO2/c1-2-12-20-16-5-3-4-6-17(16)21-13-11-19-15-9-7-14(18)8-10-15/h3-10,19H,2,11-13H2,1H3. The Labute approximate surface area is 130 Å². The van der Waals surface area contributed by atoms with Gasteiger partial charge in [-0.1, -0.05) is 30.7 Å². The van der Waals surface area contributed by atoms with Crippen molar-refractivity contribution in [2.45, 2.75) is 13.3 Å². The summed E-state index contributed by atoms with van der Waals surface area (Å²) in [5, 5.41) is 4.02. The first-order valence-corrected chi connectivity index (χ1v) is 7.51. The molecule has 0 radical (unpaired) electrons. The summed E-state index contributed by atoms with van der Waals surface area (Å²) in [6, 6.07) is 15.4. The predicted molar refractivity (Wildman–Crippen MR) is 87.7 cm³/mol. The van der Waals surface area contributed by atoms with E-state index < -0.39 is 0 Å². The smallest absolute Gasteiger partial charge is 0.161 e. The van der Waals surface area contributed by atoms with Crippen molar-refractivity contribution < 1.29 is 9.47 Å². The zero-order chi connectivity index (χ0) is 14.9. The molecule has 2 rings (SSSR count). The van der Waals surface area contributed by atoms with Gasteiger partial charge in [-0.25, -0.2) is 0 Å². The number of nitrogens with one attached hydrogen (secondary N) is 1. The van der Waals surface area contributed by atoms with E-state index in [0.29, 0.717) is 19.8 Å². The minimum absolute atomic E-state index is 0.565. The van der Waals surface area contributed by atoms with Crippen molar-refractivity contribution >= 4 is 17.3 Å². The molecular formula is C17H20ClNO2. The number of para-hydroxylation sites is 2. The molecule has 0 amide bonds. The first-order valence-electron chi connectivity index (χ1n) is 7.13. The van der Waals surface area contributed by atoms with Gasteiger partial charge in [0.05, 0.1) is 6.61 Å². The fourth-order valence-electron chi connectivity index (χ4n) is 1.82. The van der Waals surface area contributed by atoms with Crippen LogP contribution in [0.3, 0.4) is 0 Å². The summed E-state index contributed by atoms with van der Waals surface area (Å²) < 4.78 is 11.4. The lowest BCUT2D eigenvalue weighted by Gasteiger charge is -2.13. The van der Waals surface area contributed by atoms with Gasteiger partial charge in [0.2, 0.25) is 0 Å². The van der Waals surface area contributed by atoms with Gasteiger partial charge in [0.15, 0.2) is 11.5 Å². The molecule has 0 aliphatic heterocycles. The maximum atomic E-state index is 5.85. The van der Waals surface area contributed by atoms with Crippen molar-refractivity contribution in [3.63, 3.8) is 0 Å². The molecule has 0 saturated carbocycles. The molecule has 3 nitrogen and oxygen atoms in total. The lowest BCUT2D eigenvalue weighted by Crippen LogP contribution is -2.12. The number of anilines is 1. The number of ether oxygens (including phenoxy) is 2. The Balaban J connectivity index is 1.79. The summed E-state index contributed by atoms with van der Waals surface area (Å²) in [6.07, 6.45) is 0.979. The van der Waals surface area contributed by atoms with Gasteiger partial charge in [-0.3, -0.25) is 0 Å². The van der Waals surface area contributed by atoms with Crippen LogP contribution < -0.4 is 14.8 Å². The molecule has 0 saturated heterocycles. The molecule has 0 heterocycles. The van der Waals surface area contributed by atoms with E-state index in [1.165, 1.54) is 0 Å². The second-order valence-electron chi connectivity index (χ2n) is 4.58. The fraction of sp³-hybridized carbons (Fsp3) is 0.294. The molecule has 2 aromatic rings. The number of halogens is 1. The molecule has 0 fully saturated rings. The Bertz CT molecular complexity index is 543. The molecule has 112 valence electrons. The van der Waals surface area contributed by atoms with Crippen LogP contribution >= 0.6 is 11.6 Å². The van der Waals surface area contributed by atoms with E-state index in [1.54, 1.807) is 0 Å². The second kappa shape index (κ2) is 8.42. The van der Waals surface area contributed by atoms with Gasteiger partial charge in [-0.2, -0.15) is 0 Å². The third-order valence-electron chi connectivity index (χ3n) is 2.84. The Morgan fingerprint density at radius 3 is 2.14 bits per heavy atom. The van der Waals surface area contributed by atoms with Crippen LogP contribution in [0.15, 0.2) is 48.5 Å². The Kier molecular flexibility index (Phi) is 6.22. The zero-order valence-electron chi connectivity index (χ0n) is 12.1. The molecule has 2 aromatic carbocycles.